The van der Waals surface area contributed by atoms with E-state index in [0.717, 1.165) is 0 Å². The molecule has 0 spiro atoms. The maximum absolute atomic E-state index is 12.8. The largest absolute Gasteiger partial charge is 0.412 e. The van der Waals surface area contributed by atoms with Crippen molar-refractivity contribution in [2.24, 2.45) is 0 Å². The molecule has 1 aromatic heterocycles. The lowest BCUT2D eigenvalue weighted by molar-refractivity contribution is 0.194. The van der Waals surface area contributed by atoms with Gasteiger partial charge < -0.3 is 15.0 Å². The number of carbonyl (C=O) groups excluding carboxylic acids is 1. The van der Waals surface area contributed by atoms with Crippen LogP contribution in [0.25, 0.3) is 10.9 Å². The Morgan fingerprint density at radius 2 is 1.92 bits per heavy atom. The highest BCUT2D eigenvalue weighted by Gasteiger charge is 2.22. The third-order valence-electron chi connectivity index (χ3n) is 3.95. The number of hydrogen-bond donors (Lipinski definition) is 3. The van der Waals surface area contributed by atoms with Crippen molar-refractivity contribution in [2.75, 3.05) is 4.72 Å². The van der Waals surface area contributed by atoms with E-state index in [0.29, 0.717) is 37.9 Å². The number of fused-ring (bicyclic) bond motifs is 2. The van der Waals surface area contributed by atoms with Gasteiger partial charge in [-0.15, -0.1) is 0 Å². The van der Waals surface area contributed by atoms with Gasteiger partial charge in [-0.05, 0) is 30.3 Å². The summed E-state index contributed by atoms with van der Waals surface area (Å²) in [6.45, 7) is 0.189. The summed E-state index contributed by atoms with van der Waals surface area (Å²) < 4.78 is 33.1. The molecule has 0 saturated heterocycles. The number of rotatable bonds is 3. The summed E-state index contributed by atoms with van der Waals surface area (Å²) >= 11 is 12.2. The Hall–Kier alpha value is -2.42. The molecule has 0 saturated carbocycles. The van der Waals surface area contributed by atoms with Gasteiger partial charge in [0.05, 0.1) is 26.1 Å². The zero-order valence-corrected chi connectivity index (χ0v) is 15.3. The number of sulfonamides is 1. The first-order chi connectivity index (χ1) is 12.3. The minimum absolute atomic E-state index is 0.0387. The van der Waals surface area contributed by atoms with Crippen LogP contribution in [0.2, 0.25) is 10.0 Å². The second-order valence-corrected chi connectivity index (χ2v) is 8.10. The number of aromatic nitrogens is 1. The van der Waals surface area contributed by atoms with Gasteiger partial charge in [0, 0.05) is 23.7 Å². The van der Waals surface area contributed by atoms with E-state index < -0.39 is 16.1 Å². The van der Waals surface area contributed by atoms with Crippen molar-refractivity contribution in [3.63, 3.8) is 0 Å². The summed E-state index contributed by atoms with van der Waals surface area (Å²) in [4.78, 5) is 14.2. The molecule has 0 aliphatic carbocycles. The van der Waals surface area contributed by atoms with Crippen molar-refractivity contribution in [2.45, 2.75) is 11.4 Å². The predicted octanol–water partition coefficient (Wildman–Crippen LogP) is 3.88. The Labute approximate surface area is 158 Å². The molecule has 0 atom stereocenters. The lowest BCUT2D eigenvalue weighted by Gasteiger charge is -2.18. The van der Waals surface area contributed by atoms with E-state index in [1.165, 1.54) is 24.4 Å². The maximum atomic E-state index is 12.8. The van der Waals surface area contributed by atoms with Crippen LogP contribution in [0.3, 0.4) is 0 Å². The van der Waals surface area contributed by atoms with Crippen molar-refractivity contribution >= 4 is 55.9 Å². The predicted molar refractivity (Wildman–Crippen MR) is 98.4 cm³/mol. The Balaban J connectivity index is 1.73. The summed E-state index contributed by atoms with van der Waals surface area (Å²) in [6.07, 6.45) is 0.966. The molecule has 0 bridgehead atoms. The molecule has 3 aromatic rings. The number of carbonyl (C=O) groups is 1. The van der Waals surface area contributed by atoms with Crippen molar-refractivity contribution < 1.29 is 17.9 Å². The smallest absolute Gasteiger partial charge is 0.410 e. The number of H-pyrrole nitrogens is 1. The monoisotopic (exact) mass is 411 g/mol. The molecule has 1 aliphatic rings. The molecular weight excluding hydrogens is 401 g/mol. The van der Waals surface area contributed by atoms with Crippen LogP contribution in [0.4, 0.5) is 10.5 Å². The van der Waals surface area contributed by atoms with E-state index in [1.807, 2.05) is 0 Å². The van der Waals surface area contributed by atoms with Crippen molar-refractivity contribution in [3.8, 4) is 5.75 Å². The van der Waals surface area contributed by atoms with Crippen LogP contribution in [-0.4, -0.2) is 19.5 Å². The Morgan fingerprint density at radius 1 is 1.12 bits per heavy atom. The van der Waals surface area contributed by atoms with E-state index in [4.69, 9.17) is 27.9 Å². The van der Waals surface area contributed by atoms with Gasteiger partial charge in [0.25, 0.3) is 10.0 Å². The Bertz CT molecular complexity index is 1160. The Kier molecular flexibility index (Phi) is 3.98. The van der Waals surface area contributed by atoms with Gasteiger partial charge in [-0.1, -0.05) is 23.2 Å². The number of anilines is 1. The van der Waals surface area contributed by atoms with Gasteiger partial charge in [-0.3, -0.25) is 4.72 Å². The first-order valence-electron chi connectivity index (χ1n) is 7.42. The summed E-state index contributed by atoms with van der Waals surface area (Å²) in [5.41, 5.74) is 1.37. The van der Waals surface area contributed by atoms with Crippen LogP contribution in [0.15, 0.2) is 41.4 Å². The molecule has 0 fully saturated rings. The van der Waals surface area contributed by atoms with Gasteiger partial charge in [-0.2, -0.15) is 0 Å². The molecule has 0 radical (unpaired) electrons. The fourth-order valence-electron chi connectivity index (χ4n) is 2.72. The van der Waals surface area contributed by atoms with Crippen molar-refractivity contribution in [3.05, 3.63) is 52.1 Å². The molecule has 0 unspecified atom stereocenters. The first kappa shape index (κ1) is 17.0. The van der Waals surface area contributed by atoms with Crippen LogP contribution in [0.5, 0.6) is 5.75 Å². The number of nitrogens with one attached hydrogen (secondary N) is 3. The van der Waals surface area contributed by atoms with Gasteiger partial charge in [0.2, 0.25) is 0 Å². The summed E-state index contributed by atoms with van der Waals surface area (Å²) in [5.74, 6) is 0.331. The average Bonchev–Trinajstić information content (AvgIpc) is 3.00. The number of aromatic amines is 1. The van der Waals surface area contributed by atoms with E-state index in [9.17, 15) is 13.2 Å². The van der Waals surface area contributed by atoms with Crippen LogP contribution in [-0.2, 0) is 16.6 Å². The fourth-order valence-corrected chi connectivity index (χ4v) is 4.40. The minimum Gasteiger partial charge on any atom is -0.410 e. The minimum atomic E-state index is -3.88. The summed E-state index contributed by atoms with van der Waals surface area (Å²) in [5, 5.41) is 3.84. The topological polar surface area (TPSA) is 100 Å². The molecule has 7 nitrogen and oxygen atoms in total. The van der Waals surface area contributed by atoms with Crippen LogP contribution >= 0.6 is 23.2 Å². The molecule has 3 N–H and O–H groups in total. The zero-order valence-electron chi connectivity index (χ0n) is 13.0. The van der Waals surface area contributed by atoms with Crippen LogP contribution in [0, 0.1) is 0 Å². The van der Waals surface area contributed by atoms with E-state index in [2.05, 4.69) is 15.0 Å². The molecule has 10 heteroatoms. The zero-order chi connectivity index (χ0) is 18.5. The van der Waals surface area contributed by atoms with E-state index in [1.54, 1.807) is 12.1 Å². The molecular formula is C16H11Cl2N3O4S. The second-order valence-electron chi connectivity index (χ2n) is 5.60. The number of halogens is 2. The first-order valence-corrected chi connectivity index (χ1v) is 9.65. The molecule has 4 rings (SSSR count). The molecule has 1 aliphatic heterocycles. The number of benzene rings is 2. The highest BCUT2D eigenvalue weighted by Crippen LogP contribution is 2.35. The number of ether oxygens (including phenoxy) is 1. The second kappa shape index (κ2) is 6.08. The molecule has 2 aromatic carbocycles. The number of hydrogen-bond acceptors (Lipinski definition) is 4. The normalized spacial score (nSPS) is 13.8. The quantitative estimate of drug-likeness (QED) is 0.608. The Morgan fingerprint density at radius 3 is 2.73 bits per heavy atom. The van der Waals surface area contributed by atoms with Crippen molar-refractivity contribution in [1.29, 1.82) is 0 Å². The third-order valence-corrected chi connectivity index (χ3v) is 5.93. The van der Waals surface area contributed by atoms with E-state index in [-0.39, 0.29) is 11.4 Å². The highest BCUT2D eigenvalue weighted by molar-refractivity contribution is 7.92. The van der Waals surface area contributed by atoms with Gasteiger partial charge >= 0.3 is 6.09 Å². The molecule has 26 heavy (non-hydrogen) atoms. The number of amides is 1. The standard InChI is InChI=1S/C16H11Cl2N3O4S/c17-10-2-3-12(15-14(10)11(18)7-19-15)21-26(23,24)9-1-4-13-8(5-9)6-20-16(22)25-13/h1-5,7,19,21H,6H2,(H,20,22). The average molecular weight is 412 g/mol. The summed E-state index contributed by atoms with van der Waals surface area (Å²) in [6, 6.07) is 7.39. The maximum Gasteiger partial charge on any atom is 0.412 e. The fraction of sp³-hybridized carbons (Fsp3) is 0.0625. The lowest BCUT2D eigenvalue weighted by Crippen LogP contribution is -2.31. The van der Waals surface area contributed by atoms with Crippen LogP contribution < -0.4 is 14.8 Å². The van der Waals surface area contributed by atoms with Gasteiger partial charge in [0.15, 0.2) is 0 Å². The molecule has 2 heterocycles. The summed E-state index contributed by atoms with van der Waals surface area (Å²) in [7, 11) is -3.88. The van der Waals surface area contributed by atoms with E-state index >= 15 is 0 Å². The third kappa shape index (κ3) is 2.86. The van der Waals surface area contributed by atoms with Crippen LogP contribution in [0.1, 0.15) is 5.56 Å². The van der Waals surface area contributed by atoms with Gasteiger partial charge in [-0.25, -0.2) is 13.2 Å². The van der Waals surface area contributed by atoms with Gasteiger partial charge in [0.1, 0.15) is 5.75 Å². The highest BCUT2D eigenvalue weighted by atomic mass is 35.5. The molecule has 134 valence electrons. The SMILES string of the molecule is O=C1NCc2cc(S(=O)(=O)Nc3ccc(Cl)c4c(Cl)c[nH]c34)ccc2O1. The lowest BCUT2D eigenvalue weighted by atomic mass is 10.2. The van der Waals surface area contributed by atoms with Crippen molar-refractivity contribution in [1.82, 2.24) is 10.3 Å². The molecule has 1 amide bonds.